The standard InChI is InChI=1S/C15H20N4O4S2/c1-21-7-6-16-14-18-19-15(25-14)24-9-13(20)17-11-8-10(22-2)4-5-12(11)23-3/h4-5,8H,6-7,9H2,1-3H3,(H,16,18)(H,17,20). The van der Waals surface area contributed by atoms with E-state index in [1.807, 2.05) is 0 Å². The van der Waals surface area contributed by atoms with Crippen molar-refractivity contribution in [3.05, 3.63) is 18.2 Å². The monoisotopic (exact) mass is 384 g/mol. The Hall–Kier alpha value is -2.04. The first-order valence-electron chi connectivity index (χ1n) is 7.37. The van der Waals surface area contributed by atoms with E-state index in [1.54, 1.807) is 39.5 Å². The number of methoxy groups -OCH3 is 3. The van der Waals surface area contributed by atoms with E-state index in [0.29, 0.717) is 39.8 Å². The molecule has 0 radical (unpaired) electrons. The molecule has 0 saturated carbocycles. The van der Waals surface area contributed by atoms with E-state index < -0.39 is 0 Å². The number of aromatic nitrogens is 2. The molecule has 1 heterocycles. The van der Waals surface area contributed by atoms with Gasteiger partial charge < -0.3 is 24.8 Å². The SMILES string of the molecule is COCCNc1nnc(SCC(=O)Nc2cc(OC)ccc2OC)s1. The van der Waals surface area contributed by atoms with Crippen LogP contribution in [0.25, 0.3) is 0 Å². The number of thioether (sulfide) groups is 1. The smallest absolute Gasteiger partial charge is 0.234 e. The van der Waals surface area contributed by atoms with Crippen LogP contribution in [0.3, 0.4) is 0 Å². The van der Waals surface area contributed by atoms with Gasteiger partial charge in [0, 0.05) is 19.7 Å². The number of amides is 1. The maximum atomic E-state index is 12.2. The van der Waals surface area contributed by atoms with Crippen molar-refractivity contribution in [2.45, 2.75) is 4.34 Å². The second kappa shape index (κ2) is 10.1. The van der Waals surface area contributed by atoms with Crippen LogP contribution in [0.4, 0.5) is 10.8 Å². The van der Waals surface area contributed by atoms with Crippen LogP contribution in [-0.2, 0) is 9.53 Å². The lowest BCUT2D eigenvalue weighted by molar-refractivity contribution is -0.113. The van der Waals surface area contributed by atoms with E-state index in [2.05, 4.69) is 20.8 Å². The van der Waals surface area contributed by atoms with E-state index in [1.165, 1.54) is 23.1 Å². The Balaban J connectivity index is 1.86. The molecule has 0 atom stereocenters. The number of nitrogens with one attached hydrogen (secondary N) is 2. The molecule has 0 bridgehead atoms. The highest BCUT2D eigenvalue weighted by atomic mass is 32.2. The molecular formula is C15H20N4O4S2. The zero-order chi connectivity index (χ0) is 18.1. The van der Waals surface area contributed by atoms with Crippen LogP contribution in [-0.4, -0.2) is 56.3 Å². The molecule has 2 rings (SSSR count). The van der Waals surface area contributed by atoms with Crippen LogP contribution in [0.5, 0.6) is 11.5 Å². The molecule has 2 aromatic rings. The molecule has 1 aromatic heterocycles. The Kier molecular flexibility index (Phi) is 7.76. The number of anilines is 2. The third-order valence-corrected chi connectivity index (χ3v) is 5.01. The van der Waals surface area contributed by atoms with Gasteiger partial charge in [-0.1, -0.05) is 23.1 Å². The van der Waals surface area contributed by atoms with Gasteiger partial charge in [0.1, 0.15) is 11.5 Å². The van der Waals surface area contributed by atoms with Gasteiger partial charge in [-0.2, -0.15) is 0 Å². The molecular weight excluding hydrogens is 364 g/mol. The molecule has 2 N–H and O–H groups in total. The fourth-order valence-electron chi connectivity index (χ4n) is 1.82. The van der Waals surface area contributed by atoms with Gasteiger partial charge in [-0.3, -0.25) is 4.79 Å². The minimum Gasteiger partial charge on any atom is -0.497 e. The molecule has 136 valence electrons. The number of carbonyl (C=O) groups excluding carboxylic acids is 1. The van der Waals surface area contributed by atoms with Gasteiger partial charge >= 0.3 is 0 Å². The van der Waals surface area contributed by atoms with Gasteiger partial charge in [0.2, 0.25) is 11.0 Å². The Bertz CT molecular complexity index is 696. The largest absolute Gasteiger partial charge is 0.497 e. The average molecular weight is 384 g/mol. The molecule has 1 amide bonds. The first kappa shape index (κ1) is 19.3. The molecule has 0 fully saturated rings. The van der Waals surface area contributed by atoms with E-state index in [4.69, 9.17) is 14.2 Å². The summed E-state index contributed by atoms with van der Waals surface area (Å²) < 4.78 is 16.1. The van der Waals surface area contributed by atoms with E-state index >= 15 is 0 Å². The van der Waals surface area contributed by atoms with Crippen LogP contribution in [0.2, 0.25) is 0 Å². The summed E-state index contributed by atoms with van der Waals surface area (Å²) in [6, 6.07) is 5.22. The first-order valence-corrected chi connectivity index (χ1v) is 9.17. The van der Waals surface area contributed by atoms with Crippen LogP contribution >= 0.6 is 23.1 Å². The van der Waals surface area contributed by atoms with Crippen molar-refractivity contribution in [2.24, 2.45) is 0 Å². The first-order chi connectivity index (χ1) is 12.2. The zero-order valence-electron chi connectivity index (χ0n) is 14.2. The van der Waals surface area contributed by atoms with Crippen molar-refractivity contribution in [1.29, 1.82) is 0 Å². The fraction of sp³-hybridized carbons (Fsp3) is 0.400. The normalized spacial score (nSPS) is 10.4. The topological polar surface area (TPSA) is 94.6 Å². The summed E-state index contributed by atoms with van der Waals surface area (Å²) in [6.45, 7) is 1.25. The Labute approximate surface area is 154 Å². The predicted molar refractivity (Wildman–Crippen MR) is 99.2 cm³/mol. The van der Waals surface area contributed by atoms with Crippen LogP contribution in [0.15, 0.2) is 22.5 Å². The molecule has 8 nitrogen and oxygen atoms in total. The second-order valence-electron chi connectivity index (χ2n) is 4.70. The summed E-state index contributed by atoms with van der Waals surface area (Å²) in [6.07, 6.45) is 0. The minimum atomic E-state index is -0.166. The second-order valence-corrected chi connectivity index (χ2v) is 6.90. The van der Waals surface area contributed by atoms with Crippen LogP contribution < -0.4 is 20.1 Å². The van der Waals surface area contributed by atoms with Crippen LogP contribution in [0.1, 0.15) is 0 Å². The Morgan fingerprint density at radius 3 is 2.80 bits per heavy atom. The van der Waals surface area contributed by atoms with Gasteiger partial charge in [-0.25, -0.2) is 0 Å². The van der Waals surface area contributed by atoms with E-state index in [0.717, 1.165) is 0 Å². The summed E-state index contributed by atoms with van der Waals surface area (Å²) in [5, 5.41) is 14.7. The molecule has 0 aliphatic rings. The highest BCUT2D eigenvalue weighted by Crippen LogP contribution is 2.30. The molecule has 25 heavy (non-hydrogen) atoms. The lowest BCUT2D eigenvalue weighted by Gasteiger charge is -2.11. The highest BCUT2D eigenvalue weighted by molar-refractivity contribution is 8.01. The molecule has 0 unspecified atom stereocenters. The molecule has 0 spiro atoms. The summed E-state index contributed by atoms with van der Waals surface area (Å²) in [4.78, 5) is 12.2. The summed E-state index contributed by atoms with van der Waals surface area (Å²) in [5.74, 6) is 1.26. The fourth-order valence-corrected chi connectivity index (χ4v) is 3.40. The van der Waals surface area contributed by atoms with Crippen LogP contribution in [0, 0.1) is 0 Å². The highest BCUT2D eigenvalue weighted by Gasteiger charge is 2.11. The summed E-state index contributed by atoms with van der Waals surface area (Å²) in [7, 11) is 4.75. The van der Waals surface area contributed by atoms with E-state index in [9.17, 15) is 4.79 Å². The molecule has 0 saturated heterocycles. The van der Waals surface area contributed by atoms with Crippen molar-refractivity contribution in [2.75, 3.05) is 50.9 Å². The minimum absolute atomic E-state index is 0.166. The van der Waals surface area contributed by atoms with Gasteiger partial charge in [-0.15, -0.1) is 10.2 Å². The number of benzene rings is 1. The lowest BCUT2D eigenvalue weighted by Crippen LogP contribution is -2.14. The third kappa shape index (κ3) is 6.07. The van der Waals surface area contributed by atoms with Gasteiger partial charge in [0.25, 0.3) is 0 Å². The van der Waals surface area contributed by atoms with Crippen molar-refractivity contribution >= 4 is 39.8 Å². The van der Waals surface area contributed by atoms with Crippen molar-refractivity contribution in [1.82, 2.24) is 10.2 Å². The number of nitrogens with zero attached hydrogens (tertiary/aromatic N) is 2. The number of carbonyl (C=O) groups is 1. The quantitative estimate of drug-likeness (QED) is 0.476. The van der Waals surface area contributed by atoms with Gasteiger partial charge in [-0.05, 0) is 12.1 Å². The molecule has 0 aliphatic heterocycles. The maximum absolute atomic E-state index is 12.2. The van der Waals surface area contributed by atoms with Gasteiger partial charge in [0.05, 0.1) is 32.3 Å². The van der Waals surface area contributed by atoms with Gasteiger partial charge in [0.15, 0.2) is 4.34 Å². The average Bonchev–Trinajstić information content (AvgIpc) is 3.08. The number of hydrogen-bond donors (Lipinski definition) is 2. The number of ether oxygens (including phenoxy) is 3. The Morgan fingerprint density at radius 1 is 1.24 bits per heavy atom. The summed E-state index contributed by atoms with van der Waals surface area (Å²) in [5.41, 5.74) is 0.562. The maximum Gasteiger partial charge on any atom is 0.234 e. The molecule has 10 heteroatoms. The Morgan fingerprint density at radius 2 is 2.08 bits per heavy atom. The summed E-state index contributed by atoms with van der Waals surface area (Å²) >= 11 is 2.72. The molecule has 1 aromatic carbocycles. The number of hydrogen-bond acceptors (Lipinski definition) is 9. The number of rotatable bonds is 10. The van der Waals surface area contributed by atoms with Crippen molar-refractivity contribution in [3.8, 4) is 11.5 Å². The third-order valence-electron chi connectivity index (χ3n) is 3.00. The predicted octanol–water partition coefficient (Wildman–Crippen LogP) is 2.34. The van der Waals surface area contributed by atoms with Crippen molar-refractivity contribution in [3.63, 3.8) is 0 Å². The molecule has 0 aliphatic carbocycles. The lowest BCUT2D eigenvalue weighted by atomic mass is 10.2. The van der Waals surface area contributed by atoms with Crippen molar-refractivity contribution < 1.29 is 19.0 Å². The zero-order valence-corrected chi connectivity index (χ0v) is 15.8. The van der Waals surface area contributed by atoms with E-state index in [-0.39, 0.29) is 11.7 Å².